The number of H-pyrrole nitrogens is 2. The maximum atomic E-state index is 10.1. The summed E-state index contributed by atoms with van der Waals surface area (Å²) in [6.07, 6.45) is -0.877. The zero-order valence-corrected chi connectivity index (χ0v) is 14.2. The van der Waals surface area contributed by atoms with E-state index < -0.39 is 37.1 Å². The van der Waals surface area contributed by atoms with Crippen molar-refractivity contribution in [2.24, 2.45) is 0 Å². The average Bonchev–Trinajstić information content (AvgIpc) is 3.36. The van der Waals surface area contributed by atoms with Gasteiger partial charge in [0.2, 0.25) is 0 Å². The minimum atomic E-state index is -1.45. The van der Waals surface area contributed by atoms with Crippen molar-refractivity contribution in [3.05, 3.63) is 42.4 Å². The van der Waals surface area contributed by atoms with Gasteiger partial charge >= 0.3 is 0 Å². The van der Waals surface area contributed by atoms with Gasteiger partial charge in [0.25, 0.3) is 0 Å². The summed E-state index contributed by atoms with van der Waals surface area (Å²) >= 11 is 0. The summed E-state index contributed by atoms with van der Waals surface area (Å²) in [7, 11) is 0. The molecule has 4 rings (SSSR count). The molecule has 0 spiro atoms. The van der Waals surface area contributed by atoms with Gasteiger partial charge < -0.3 is 30.1 Å². The van der Waals surface area contributed by atoms with E-state index >= 15 is 0 Å². The molecular weight excluding hydrogens is 350 g/mol. The number of aromatic amines is 2. The van der Waals surface area contributed by atoms with E-state index in [0.717, 1.165) is 22.0 Å². The van der Waals surface area contributed by atoms with Crippen LogP contribution < -0.4 is 0 Å². The Bertz CT molecular complexity index is 986. The van der Waals surface area contributed by atoms with Crippen molar-refractivity contribution in [1.29, 1.82) is 0 Å². The second-order valence-electron chi connectivity index (χ2n) is 6.48. The van der Waals surface area contributed by atoms with Crippen LogP contribution in [0.2, 0.25) is 0 Å². The Balaban J connectivity index is 1.71. The van der Waals surface area contributed by atoms with Crippen molar-refractivity contribution in [2.75, 3.05) is 6.61 Å². The van der Waals surface area contributed by atoms with Crippen LogP contribution in [0.1, 0.15) is 5.56 Å². The van der Waals surface area contributed by atoms with Crippen LogP contribution in [-0.4, -0.2) is 72.7 Å². The SMILES string of the molecule is OC[C@H]1O[C@H](C#Cc2cc(-c3cc[nH]c3)cc3cn[nH]c23)[C@@H](O)[C@@H](O)[C@@H]1O. The van der Waals surface area contributed by atoms with Gasteiger partial charge in [0.1, 0.15) is 30.5 Å². The Morgan fingerprint density at radius 3 is 2.70 bits per heavy atom. The molecule has 1 saturated heterocycles. The molecule has 6 N–H and O–H groups in total. The van der Waals surface area contributed by atoms with Crippen molar-refractivity contribution in [2.45, 2.75) is 30.5 Å². The summed E-state index contributed by atoms with van der Waals surface area (Å²) in [6.45, 7) is -0.489. The molecule has 8 nitrogen and oxygen atoms in total. The molecule has 2 aromatic heterocycles. The molecular formula is C19H19N3O5. The van der Waals surface area contributed by atoms with E-state index in [4.69, 9.17) is 4.74 Å². The molecule has 0 amide bonds. The first-order valence-corrected chi connectivity index (χ1v) is 8.51. The first-order chi connectivity index (χ1) is 13.1. The lowest BCUT2D eigenvalue weighted by atomic mass is 9.95. The lowest BCUT2D eigenvalue weighted by Crippen LogP contribution is -2.58. The second kappa shape index (κ2) is 7.15. The summed E-state index contributed by atoms with van der Waals surface area (Å²) < 4.78 is 5.43. The maximum absolute atomic E-state index is 10.1. The summed E-state index contributed by atoms with van der Waals surface area (Å²) in [6, 6.07) is 5.82. The fourth-order valence-electron chi connectivity index (χ4n) is 3.20. The molecule has 1 aliphatic rings. The number of nitrogens with one attached hydrogen (secondary N) is 2. The summed E-state index contributed by atoms with van der Waals surface area (Å²) in [5.41, 5.74) is 3.33. The molecule has 5 atom stereocenters. The average molecular weight is 369 g/mol. The first-order valence-electron chi connectivity index (χ1n) is 8.51. The zero-order chi connectivity index (χ0) is 19.0. The van der Waals surface area contributed by atoms with Crippen LogP contribution in [-0.2, 0) is 4.74 Å². The highest BCUT2D eigenvalue weighted by Gasteiger charge is 2.42. The highest BCUT2D eigenvalue weighted by atomic mass is 16.5. The molecule has 8 heteroatoms. The van der Waals surface area contributed by atoms with Gasteiger partial charge in [-0.2, -0.15) is 5.10 Å². The van der Waals surface area contributed by atoms with Gasteiger partial charge in [-0.25, -0.2) is 0 Å². The van der Waals surface area contributed by atoms with Crippen molar-refractivity contribution < 1.29 is 25.2 Å². The van der Waals surface area contributed by atoms with Crippen LogP contribution in [0.3, 0.4) is 0 Å². The van der Waals surface area contributed by atoms with Gasteiger partial charge in [0, 0.05) is 17.8 Å². The molecule has 140 valence electrons. The Labute approximate surface area is 154 Å². The third-order valence-electron chi connectivity index (χ3n) is 4.72. The largest absolute Gasteiger partial charge is 0.394 e. The van der Waals surface area contributed by atoms with Crippen LogP contribution in [0.25, 0.3) is 22.0 Å². The lowest BCUT2D eigenvalue weighted by molar-refractivity contribution is -0.214. The molecule has 0 aliphatic carbocycles. The quantitative estimate of drug-likeness (QED) is 0.345. The highest BCUT2D eigenvalue weighted by molar-refractivity contribution is 5.89. The fraction of sp³-hybridized carbons (Fsp3) is 0.316. The van der Waals surface area contributed by atoms with Crippen LogP contribution >= 0.6 is 0 Å². The van der Waals surface area contributed by atoms with E-state index in [1.165, 1.54) is 0 Å². The molecule has 27 heavy (non-hydrogen) atoms. The topological polar surface area (TPSA) is 135 Å². The Morgan fingerprint density at radius 2 is 1.96 bits per heavy atom. The molecule has 0 unspecified atom stereocenters. The molecule has 1 aliphatic heterocycles. The Morgan fingerprint density at radius 1 is 1.11 bits per heavy atom. The summed E-state index contributed by atoms with van der Waals surface area (Å²) in [5, 5.41) is 47.0. The van der Waals surface area contributed by atoms with E-state index in [9.17, 15) is 20.4 Å². The van der Waals surface area contributed by atoms with E-state index in [1.54, 1.807) is 6.20 Å². The van der Waals surface area contributed by atoms with Crippen molar-refractivity contribution in [1.82, 2.24) is 15.2 Å². The van der Waals surface area contributed by atoms with E-state index in [-0.39, 0.29) is 0 Å². The third kappa shape index (κ3) is 3.23. The van der Waals surface area contributed by atoms with Crippen molar-refractivity contribution >= 4 is 10.9 Å². The minimum Gasteiger partial charge on any atom is -0.394 e. The highest BCUT2D eigenvalue weighted by Crippen LogP contribution is 2.26. The summed E-state index contributed by atoms with van der Waals surface area (Å²) in [5.74, 6) is 5.76. The van der Waals surface area contributed by atoms with Gasteiger partial charge in [-0.15, -0.1) is 0 Å². The zero-order valence-electron chi connectivity index (χ0n) is 14.2. The predicted octanol–water partition coefficient (Wildman–Crippen LogP) is -0.248. The number of fused-ring (bicyclic) bond motifs is 1. The molecule has 0 bridgehead atoms. The van der Waals surface area contributed by atoms with Crippen molar-refractivity contribution in [3.63, 3.8) is 0 Å². The number of rotatable bonds is 2. The molecule has 1 aromatic carbocycles. The third-order valence-corrected chi connectivity index (χ3v) is 4.72. The maximum Gasteiger partial charge on any atom is 0.147 e. The van der Waals surface area contributed by atoms with Gasteiger partial charge in [-0.1, -0.05) is 11.8 Å². The number of nitrogens with zero attached hydrogens (tertiary/aromatic N) is 1. The van der Waals surface area contributed by atoms with Crippen molar-refractivity contribution in [3.8, 4) is 23.0 Å². The normalized spacial score (nSPS) is 28.1. The van der Waals surface area contributed by atoms with Gasteiger partial charge in [0.05, 0.1) is 23.9 Å². The Hall–Kier alpha value is -2.67. The van der Waals surface area contributed by atoms with Gasteiger partial charge in [-0.05, 0) is 29.3 Å². The number of aromatic nitrogens is 3. The van der Waals surface area contributed by atoms with Crippen LogP contribution in [0.5, 0.6) is 0 Å². The number of hydrogen-bond donors (Lipinski definition) is 6. The molecule has 0 saturated carbocycles. The van der Waals surface area contributed by atoms with Crippen LogP contribution in [0.15, 0.2) is 36.8 Å². The first kappa shape index (κ1) is 17.7. The number of ether oxygens (including phenoxy) is 1. The number of hydrogen-bond acceptors (Lipinski definition) is 6. The molecule has 0 radical (unpaired) electrons. The van der Waals surface area contributed by atoms with Crippen LogP contribution in [0, 0.1) is 11.8 Å². The van der Waals surface area contributed by atoms with Gasteiger partial charge in [0.15, 0.2) is 0 Å². The van der Waals surface area contributed by atoms with E-state index in [2.05, 4.69) is 27.0 Å². The van der Waals surface area contributed by atoms with E-state index in [0.29, 0.717) is 5.56 Å². The monoisotopic (exact) mass is 369 g/mol. The molecule has 1 fully saturated rings. The Kier molecular flexibility index (Phi) is 4.70. The lowest BCUT2D eigenvalue weighted by Gasteiger charge is -2.37. The number of benzene rings is 1. The van der Waals surface area contributed by atoms with E-state index in [1.807, 2.05) is 30.6 Å². The molecule has 3 aromatic rings. The smallest absolute Gasteiger partial charge is 0.147 e. The number of aliphatic hydroxyl groups excluding tert-OH is 4. The summed E-state index contributed by atoms with van der Waals surface area (Å²) in [4.78, 5) is 3.01. The molecule has 3 heterocycles. The minimum absolute atomic E-state index is 0.489. The van der Waals surface area contributed by atoms with Crippen LogP contribution in [0.4, 0.5) is 0 Å². The standard InChI is InChI=1S/C19H19N3O5/c23-9-15-18(25)19(26)17(24)14(27-15)2-1-10-5-12(11-3-4-20-7-11)6-13-8-21-22-16(10)13/h3-8,14-15,17-20,23-26H,9H2,(H,21,22)/t14-,15-,17-,18-,19-/m1/s1. The predicted molar refractivity (Wildman–Crippen MR) is 96.5 cm³/mol. The second-order valence-corrected chi connectivity index (χ2v) is 6.48. The van der Waals surface area contributed by atoms with Gasteiger partial charge in [-0.3, -0.25) is 5.10 Å². The fourth-order valence-corrected chi connectivity index (χ4v) is 3.20. The number of aliphatic hydroxyl groups is 4.